The standard InChI is InChI=1S/C28H20ClN3O5/c1-36-26-11-5-8-19(27(26)37-17-20-9-4-7-18-6-2-3-10-23(18)20)14-21(16-30)28(33)31-25-15-22(32(34)35)12-13-24(25)29/h2-15H,17H2,1H3,(H,31,33)/b21-14+. The maximum absolute atomic E-state index is 12.9. The number of anilines is 1. The fraction of sp³-hybridized carbons (Fsp3) is 0.0714. The molecule has 0 heterocycles. The minimum absolute atomic E-state index is 0.0140. The van der Waals surface area contributed by atoms with Crippen LogP contribution >= 0.6 is 11.6 Å². The van der Waals surface area contributed by atoms with Crippen LogP contribution < -0.4 is 14.8 Å². The van der Waals surface area contributed by atoms with Crippen molar-refractivity contribution in [2.75, 3.05) is 12.4 Å². The van der Waals surface area contributed by atoms with E-state index in [-0.39, 0.29) is 28.6 Å². The number of nitrogens with zero attached hydrogens (tertiary/aromatic N) is 2. The van der Waals surface area contributed by atoms with Crippen molar-refractivity contribution in [1.29, 1.82) is 5.26 Å². The molecular formula is C28H20ClN3O5. The quantitative estimate of drug-likeness (QED) is 0.124. The number of nitro groups is 1. The van der Waals surface area contributed by atoms with Crippen molar-refractivity contribution in [2.45, 2.75) is 6.61 Å². The van der Waals surface area contributed by atoms with Gasteiger partial charge in [0.25, 0.3) is 11.6 Å². The fourth-order valence-corrected chi connectivity index (χ4v) is 3.91. The van der Waals surface area contributed by atoms with Gasteiger partial charge >= 0.3 is 0 Å². The molecule has 0 aromatic heterocycles. The number of carbonyl (C=O) groups is 1. The molecule has 4 rings (SSSR count). The molecule has 0 unspecified atom stereocenters. The zero-order valence-corrected chi connectivity index (χ0v) is 20.4. The predicted molar refractivity (Wildman–Crippen MR) is 142 cm³/mol. The molecule has 0 aliphatic heterocycles. The van der Waals surface area contributed by atoms with Gasteiger partial charge in [-0.1, -0.05) is 66.2 Å². The second kappa shape index (κ2) is 11.2. The van der Waals surface area contributed by atoms with Gasteiger partial charge in [-0.15, -0.1) is 0 Å². The van der Waals surface area contributed by atoms with E-state index in [9.17, 15) is 20.2 Å². The summed E-state index contributed by atoms with van der Waals surface area (Å²) in [5.41, 5.74) is 0.902. The van der Waals surface area contributed by atoms with Crippen LogP contribution in [0, 0.1) is 21.4 Å². The van der Waals surface area contributed by atoms with E-state index in [4.69, 9.17) is 21.1 Å². The summed E-state index contributed by atoms with van der Waals surface area (Å²) in [6, 6.07) is 24.5. The molecule has 0 saturated heterocycles. The Labute approximate surface area is 217 Å². The number of halogens is 1. The molecule has 4 aromatic carbocycles. The molecule has 1 N–H and O–H groups in total. The average molecular weight is 514 g/mol. The van der Waals surface area contributed by atoms with Crippen LogP contribution in [0.4, 0.5) is 11.4 Å². The lowest BCUT2D eigenvalue weighted by Crippen LogP contribution is -2.14. The Kier molecular flexibility index (Phi) is 7.67. The Morgan fingerprint density at radius 2 is 1.86 bits per heavy atom. The summed E-state index contributed by atoms with van der Waals surface area (Å²) in [5.74, 6) is -0.00648. The van der Waals surface area contributed by atoms with Crippen LogP contribution in [0.25, 0.3) is 16.8 Å². The second-order valence-electron chi connectivity index (χ2n) is 7.85. The average Bonchev–Trinajstić information content (AvgIpc) is 2.91. The lowest BCUT2D eigenvalue weighted by Gasteiger charge is -2.15. The van der Waals surface area contributed by atoms with E-state index in [1.165, 1.54) is 25.3 Å². The summed E-state index contributed by atoms with van der Waals surface area (Å²) in [5, 5.41) is 25.5. The van der Waals surface area contributed by atoms with Crippen LogP contribution in [0.1, 0.15) is 11.1 Å². The molecule has 9 heteroatoms. The van der Waals surface area contributed by atoms with E-state index >= 15 is 0 Å². The minimum Gasteiger partial charge on any atom is -0.493 e. The molecule has 8 nitrogen and oxygen atoms in total. The van der Waals surface area contributed by atoms with Gasteiger partial charge in [0.2, 0.25) is 0 Å². The number of hydrogen-bond acceptors (Lipinski definition) is 6. The van der Waals surface area contributed by atoms with Crippen molar-refractivity contribution in [3.05, 3.63) is 111 Å². The molecule has 1 amide bonds. The number of benzene rings is 4. The summed E-state index contributed by atoms with van der Waals surface area (Å²) in [4.78, 5) is 23.3. The first-order chi connectivity index (χ1) is 17.9. The molecule has 0 fully saturated rings. The molecule has 4 aromatic rings. The normalized spacial score (nSPS) is 11.0. The van der Waals surface area contributed by atoms with Crippen LogP contribution in [-0.2, 0) is 11.4 Å². The minimum atomic E-state index is -0.785. The third kappa shape index (κ3) is 5.69. The van der Waals surface area contributed by atoms with Crippen molar-refractivity contribution in [3.8, 4) is 17.6 Å². The zero-order valence-electron chi connectivity index (χ0n) is 19.6. The number of para-hydroxylation sites is 1. The Morgan fingerprint density at radius 3 is 2.62 bits per heavy atom. The Hall–Kier alpha value is -4.87. The molecule has 0 saturated carbocycles. The van der Waals surface area contributed by atoms with Crippen molar-refractivity contribution >= 4 is 45.7 Å². The number of carbonyl (C=O) groups excluding carboxylic acids is 1. The summed E-state index contributed by atoms with van der Waals surface area (Å²) in [7, 11) is 1.50. The Balaban J connectivity index is 1.64. The smallest absolute Gasteiger partial charge is 0.271 e. The van der Waals surface area contributed by atoms with Crippen LogP contribution in [0.3, 0.4) is 0 Å². The molecule has 37 heavy (non-hydrogen) atoms. The first kappa shape index (κ1) is 25.2. The fourth-order valence-electron chi connectivity index (χ4n) is 3.75. The van der Waals surface area contributed by atoms with Crippen molar-refractivity contribution < 1.29 is 19.2 Å². The van der Waals surface area contributed by atoms with Crippen LogP contribution in [0.15, 0.2) is 84.4 Å². The number of nitriles is 1. The monoisotopic (exact) mass is 513 g/mol. The summed E-state index contributed by atoms with van der Waals surface area (Å²) >= 11 is 6.08. The number of methoxy groups -OCH3 is 1. The second-order valence-corrected chi connectivity index (χ2v) is 8.26. The largest absolute Gasteiger partial charge is 0.493 e. The van der Waals surface area contributed by atoms with Gasteiger partial charge in [-0.3, -0.25) is 14.9 Å². The Bertz CT molecular complexity index is 1570. The highest BCUT2D eigenvalue weighted by atomic mass is 35.5. The zero-order chi connectivity index (χ0) is 26.4. The Morgan fingerprint density at radius 1 is 1.11 bits per heavy atom. The number of fused-ring (bicyclic) bond motifs is 1. The topological polar surface area (TPSA) is 114 Å². The van der Waals surface area contributed by atoms with E-state index in [0.29, 0.717) is 17.1 Å². The van der Waals surface area contributed by atoms with Gasteiger partial charge in [0.1, 0.15) is 18.2 Å². The SMILES string of the molecule is COc1cccc(/C=C(\C#N)C(=O)Nc2cc([N+](=O)[O-])ccc2Cl)c1OCc1cccc2ccccc12. The highest BCUT2D eigenvalue weighted by Gasteiger charge is 2.17. The number of rotatable bonds is 8. The van der Waals surface area contributed by atoms with Crippen molar-refractivity contribution in [3.63, 3.8) is 0 Å². The molecule has 0 aliphatic carbocycles. The summed E-state index contributed by atoms with van der Waals surface area (Å²) < 4.78 is 11.6. The number of non-ortho nitro benzene ring substituents is 1. The molecule has 0 atom stereocenters. The number of nitrogens with one attached hydrogen (secondary N) is 1. The third-order valence-electron chi connectivity index (χ3n) is 5.56. The third-order valence-corrected chi connectivity index (χ3v) is 5.88. The first-order valence-electron chi connectivity index (χ1n) is 11.0. The van der Waals surface area contributed by atoms with Crippen molar-refractivity contribution in [2.24, 2.45) is 0 Å². The van der Waals surface area contributed by atoms with Crippen LogP contribution in [0.5, 0.6) is 11.5 Å². The van der Waals surface area contributed by atoms with E-state index in [2.05, 4.69) is 5.32 Å². The maximum atomic E-state index is 12.9. The van der Waals surface area contributed by atoms with Gasteiger partial charge in [-0.2, -0.15) is 5.26 Å². The highest BCUT2D eigenvalue weighted by molar-refractivity contribution is 6.34. The van der Waals surface area contributed by atoms with Gasteiger partial charge in [0.05, 0.1) is 22.7 Å². The predicted octanol–water partition coefficient (Wildman–Crippen LogP) is 6.53. The maximum Gasteiger partial charge on any atom is 0.271 e. The van der Waals surface area contributed by atoms with Gasteiger partial charge in [0, 0.05) is 17.7 Å². The van der Waals surface area contributed by atoms with Crippen molar-refractivity contribution in [1.82, 2.24) is 0 Å². The summed E-state index contributed by atoms with van der Waals surface area (Å²) in [6.07, 6.45) is 1.36. The molecule has 0 spiro atoms. The van der Waals surface area contributed by atoms with Crippen LogP contribution in [-0.4, -0.2) is 17.9 Å². The van der Waals surface area contributed by atoms with Gasteiger partial charge < -0.3 is 14.8 Å². The molecule has 0 bridgehead atoms. The van der Waals surface area contributed by atoms with E-state index < -0.39 is 10.8 Å². The highest BCUT2D eigenvalue weighted by Crippen LogP contribution is 2.34. The lowest BCUT2D eigenvalue weighted by molar-refractivity contribution is -0.384. The lowest BCUT2D eigenvalue weighted by atomic mass is 10.1. The van der Waals surface area contributed by atoms with Gasteiger partial charge in [-0.25, -0.2) is 0 Å². The molecule has 184 valence electrons. The number of ether oxygens (including phenoxy) is 2. The number of amides is 1. The van der Waals surface area contributed by atoms with Gasteiger partial charge in [-0.05, 0) is 34.5 Å². The molecule has 0 radical (unpaired) electrons. The molecular weight excluding hydrogens is 494 g/mol. The van der Waals surface area contributed by atoms with E-state index in [1.54, 1.807) is 18.2 Å². The van der Waals surface area contributed by atoms with E-state index in [1.807, 2.05) is 48.5 Å². The van der Waals surface area contributed by atoms with Crippen LogP contribution in [0.2, 0.25) is 5.02 Å². The summed E-state index contributed by atoms with van der Waals surface area (Å²) in [6.45, 7) is 0.222. The molecule has 0 aliphatic rings. The van der Waals surface area contributed by atoms with E-state index in [0.717, 1.165) is 22.4 Å². The number of hydrogen-bond donors (Lipinski definition) is 1. The van der Waals surface area contributed by atoms with Gasteiger partial charge in [0.15, 0.2) is 11.5 Å². The first-order valence-corrected chi connectivity index (χ1v) is 11.4. The number of nitro benzene ring substituents is 1.